The van der Waals surface area contributed by atoms with E-state index < -0.39 is 6.09 Å². The topological polar surface area (TPSA) is 55.6 Å². The molecule has 2 atom stereocenters. The Bertz CT molecular complexity index is 380. The van der Waals surface area contributed by atoms with Crippen molar-refractivity contribution in [2.75, 3.05) is 13.1 Å². The van der Waals surface area contributed by atoms with Crippen LogP contribution in [0, 0.1) is 0 Å². The third-order valence-corrected chi connectivity index (χ3v) is 3.29. The van der Waals surface area contributed by atoms with Crippen molar-refractivity contribution in [1.29, 1.82) is 0 Å². The SMILES string of the molecule is C[C@H](c1ccccc1)N1CC[C@H](OC(N)=O)C1. The van der Waals surface area contributed by atoms with Crippen molar-refractivity contribution in [3.63, 3.8) is 0 Å². The first-order valence-electron chi connectivity index (χ1n) is 5.92. The van der Waals surface area contributed by atoms with Gasteiger partial charge in [0.15, 0.2) is 0 Å². The number of rotatable bonds is 3. The molecule has 1 heterocycles. The van der Waals surface area contributed by atoms with Gasteiger partial charge in [-0.3, -0.25) is 4.90 Å². The Balaban J connectivity index is 1.94. The molecule has 2 N–H and O–H groups in total. The van der Waals surface area contributed by atoms with E-state index in [0.29, 0.717) is 6.04 Å². The molecule has 0 bridgehead atoms. The number of amides is 1. The average Bonchev–Trinajstić information content (AvgIpc) is 2.77. The zero-order chi connectivity index (χ0) is 12.3. The highest BCUT2D eigenvalue weighted by atomic mass is 16.6. The van der Waals surface area contributed by atoms with E-state index in [1.165, 1.54) is 5.56 Å². The van der Waals surface area contributed by atoms with Gasteiger partial charge in [-0.15, -0.1) is 0 Å². The van der Waals surface area contributed by atoms with Crippen LogP contribution in [0.3, 0.4) is 0 Å². The second kappa shape index (κ2) is 5.19. The van der Waals surface area contributed by atoms with Gasteiger partial charge in [0.05, 0.1) is 0 Å². The van der Waals surface area contributed by atoms with Gasteiger partial charge in [-0.25, -0.2) is 4.79 Å². The molecular weight excluding hydrogens is 216 g/mol. The van der Waals surface area contributed by atoms with E-state index in [2.05, 4.69) is 24.0 Å². The molecule has 0 unspecified atom stereocenters. The van der Waals surface area contributed by atoms with Crippen LogP contribution in [0.5, 0.6) is 0 Å². The van der Waals surface area contributed by atoms with Gasteiger partial charge in [0, 0.05) is 19.1 Å². The summed E-state index contributed by atoms with van der Waals surface area (Å²) in [5.41, 5.74) is 6.31. The number of carbonyl (C=O) groups is 1. The van der Waals surface area contributed by atoms with Crippen molar-refractivity contribution in [2.45, 2.75) is 25.5 Å². The summed E-state index contributed by atoms with van der Waals surface area (Å²) < 4.78 is 5.02. The molecule has 0 aromatic heterocycles. The quantitative estimate of drug-likeness (QED) is 0.869. The lowest BCUT2D eigenvalue weighted by atomic mass is 10.1. The van der Waals surface area contributed by atoms with Crippen LogP contribution in [-0.2, 0) is 4.74 Å². The summed E-state index contributed by atoms with van der Waals surface area (Å²) in [6.45, 7) is 3.87. The Hall–Kier alpha value is -1.55. The molecular formula is C13H18N2O2. The van der Waals surface area contributed by atoms with Crippen molar-refractivity contribution in [1.82, 2.24) is 4.90 Å². The number of hydrogen-bond donors (Lipinski definition) is 1. The van der Waals surface area contributed by atoms with E-state index in [9.17, 15) is 4.79 Å². The molecule has 1 saturated heterocycles. The summed E-state index contributed by atoms with van der Waals surface area (Å²) in [5, 5.41) is 0. The molecule has 1 aromatic rings. The van der Waals surface area contributed by atoms with E-state index in [1.54, 1.807) is 0 Å². The van der Waals surface area contributed by atoms with E-state index in [-0.39, 0.29) is 6.10 Å². The molecule has 17 heavy (non-hydrogen) atoms. The molecule has 92 valence electrons. The van der Waals surface area contributed by atoms with Gasteiger partial charge in [-0.1, -0.05) is 30.3 Å². The molecule has 1 aliphatic rings. The Morgan fingerprint density at radius 3 is 2.82 bits per heavy atom. The molecule has 2 rings (SSSR count). The second-order valence-corrected chi connectivity index (χ2v) is 4.43. The standard InChI is InChI=1S/C13H18N2O2/c1-10(11-5-3-2-4-6-11)15-8-7-12(9-15)17-13(14)16/h2-6,10,12H,7-9H2,1H3,(H2,14,16)/t10-,12+/m1/s1. The summed E-state index contributed by atoms with van der Waals surface area (Å²) in [6.07, 6.45) is 0.128. The van der Waals surface area contributed by atoms with Gasteiger partial charge in [0.1, 0.15) is 6.10 Å². The van der Waals surface area contributed by atoms with Gasteiger partial charge in [0.2, 0.25) is 0 Å². The maximum Gasteiger partial charge on any atom is 0.404 e. The van der Waals surface area contributed by atoms with Crippen molar-refractivity contribution in [3.8, 4) is 0 Å². The van der Waals surface area contributed by atoms with Crippen molar-refractivity contribution >= 4 is 6.09 Å². The summed E-state index contributed by atoms with van der Waals surface area (Å²) >= 11 is 0. The number of likely N-dealkylation sites (tertiary alicyclic amines) is 1. The first kappa shape index (κ1) is 11.9. The van der Waals surface area contributed by atoms with Crippen molar-refractivity contribution in [2.24, 2.45) is 5.73 Å². The normalized spacial score (nSPS) is 22.3. The van der Waals surface area contributed by atoms with Gasteiger partial charge in [0.25, 0.3) is 0 Å². The number of benzene rings is 1. The van der Waals surface area contributed by atoms with E-state index in [1.807, 2.05) is 18.2 Å². The fourth-order valence-corrected chi connectivity index (χ4v) is 2.31. The number of nitrogens with two attached hydrogens (primary N) is 1. The molecule has 1 amide bonds. The van der Waals surface area contributed by atoms with Crippen LogP contribution in [0.25, 0.3) is 0 Å². The maximum atomic E-state index is 10.7. The molecule has 0 spiro atoms. The van der Waals surface area contributed by atoms with Crippen LogP contribution >= 0.6 is 0 Å². The number of ether oxygens (including phenoxy) is 1. The third-order valence-electron chi connectivity index (χ3n) is 3.29. The molecule has 1 aliphatic heterocycles. The molecule has 1 fully saturated rings. The fourth-order valence-electron chi connectivity index (χ4n) is 2.31. The Kier molecular flexibility index (Phi) is 3.64. The molecule has 0 aliphatic carbocycles. The van der Waals surface area contributed by atoms with Gasteiger partial charge in [-0.05, 0) is 18.9 Å². The van der Waals surface area contributed by atoms with E-state index in [4.69, 9.17) is 10.5 Å². The molecule has 0 radical (unpaired) electrons. The van der Waals surface area contributed by atoms with Crippen molar-refractivity contribution < 1.29 is 9.53 Å². The first-order chi connectivity index (χ1) is 8.16. The highest BCUT2D eigenvalue weighted by Gasteiger charge is 2.28. The van der Waals surface area contributed by atoms with Crippen LogP contribution in [0.4, 0.5) is 4.79 Å². The van der Waals surface area contributed by atoms with Crippen LogP contribution in [0.1, 0.15) is 24.9 Å². The predicted molar refractivity (Wildman–Crippen MR) is 65.5 cm³/mol. The molecule has 4 nitrogen and oxygen atoms in total. The van der Waals surface area contributed by atoms with Crippen LogP contribution in [0.15, 0.2) is 30.3 Å². The van der Waals surface area contributed by atoms with Crippen LogP contribution in [0.2, 0.25) is 0 Å². The number of nitrogens with zero attached hydrogens (tertiary/aromatic N) is 1. The van der Waals surface area contributed by atoms with E-state index >= 15 is 0 Å². The Morgan fingerprint density at radius 1 is 1.47 bits per heavy atom. The van der Waals surface area contributed by atoms with Gasteiger partial charge in [-0.2, -0.15) is 0 Å². The minimum absolute atomic E-state index is 0.0568. The second-order valence-electron chi connectivity index (χ2n) is 4.43. The van der Waals surface area contributed by atoms with Crippen LogP contribution < -0.4 is 5.73 Å². The Morgan fingerprint density at radius 2 is 2.18 bits per heavy atom. The van der Waals surface area contributed by atoms with E-state index in [0.717, 1.165) is 19.5 Å². The minimum Gasteiger partial charge on any atom is -0.445 e. The highest BCUT2D eigenvalue weighted by molar-refractivity contribution is 5.64. The highest BCUT2D eigenvalue weighted by Crippen LogP contribution is 2.25. The number of hydrogen-bond acceptors (Lipinski definition) is 3. The van der Waals surface area contributed by atoms with Gasteiger partial charge < -0.3 is 10.5 Å². The average molecular weight is 234 g/mol. The lowest BCUT2D eigenvalue weighted by Crippen LogP contribution is -2.28. The lowest BCUT2D eigenvalue weighted by Gasteiger charge is -2.24. The molecule has 1 aromatic carbocycles. The fraction of sp³-hybridized carbons (Fsp3) is 0.462. The zero-order valence-corrected chi connectivity index (χ0v) is 10.0. The first-order valence-corrected chi connectivity index (χ1v) is 5.92. The lowest BCUT2D eigenvalue weighted by molar-refractivity contribution is 0.105. The van der Waals surface area contributed by atoms with Crippen LogP contribution in [-0.4, -0.2) is 30.2 Å². The summed E-state index contributed by atoms with van der Waals surface area (Å²) in [7, 11) is 0. The number of primary amides is 1. The van der Waals surface area contributed by atoms with Gasteiger partial charge >= 0.3 is 6.09 Å². The summed E-state index contributed by atoms with van der Waals surface area (Å²) in [6, 6.07) is 10.7. The largest absolute Gasteiger partial charge is 0.445 e. The minimum atomic E-state index is -0.677. The Labute approximate surface area is 101 Å². The maximum absolute atomic E-state index is 10.7. The number of carbonyl (C=O) groups excluding carboxylic acids is 1. The van der Waals surface area contributed by atoms with Crippen molar-refractivity contribution in [3.05, 3.63) is 35.9 Å². The third kappa shape index (κ3) is 2.97. The summed E-state index contributed by atoms with van der Waals surface area (Å²) in [4.78, 5) is 13.0. The molecule has 4 heteroatoms. The summed E-state index contributed by atoms with van der Waals surface area (Å²) in [5.74, 6) is 0. The monoisotopic (exact) mass is 234 g/mol. The smallest absolute Gasteiger partial charge is 0.404 e. The zero-order valence-electron chi connectivity index (χ0n) is 10.0. The predicted octanol–water partition coefficient (Wildman–Crippen LogP) is 1.92. The molecule has 0 saturated carbocycles.